The van der Waals surface area contributed by atoms with Gasteiger partial charge in [-0.1, -0.05) is 6.07 Å². The van der Waals surface area contributed by atoms with E-state index in [9.17, 15) is 13.2 Å². The number of fused-ring (bicyclic) bond motifs is 1. The van der Waals surface area contributed by atoms with Crippen molar-refractivity contribution in [2.45, 2.75) is 44.9 Å². The van der Waals surface area contributed by atoms with Gasteiger partial charge in [0.1, 0.15) is 0 Å². The van der Waals surface area contributed by atoms with Crippen LogP contribution in [0.5, 0.6) is 0 Å². The van der Waals surface area contributed by atoms with Crippen molar-refractivity contribution in [1.82, 2.24) is 0 Å². The summed E-state index contributed by atoms with van der Waals surface area (Å²) in [7, 11) is 0. The van der Waals surface area contributed by atoms with E-state index in [1.165, 1.54) is 12.1 Å². The summed E-state index contributed by atoms with van der Waals surface area (Å²) in [6, 6.07) is 4.68. The molecule has 0 aliphatic carbocycles. The lowest BCUT2D eigenvalue weighted by atomic mass is 10.0. The lowest BCUT2D eigenvalue weighted by Gasteiger charge is -2.31. The quantitative estimate of drug-likeness (QED) is 0.915. The number of rotatable bonds is 3. The van der Waals surface area contributed by atoms with Crippen LogP contribution in [-0.4, -0.2) is 18.6 Å². The number of nitrogens with zero attached hydrogens (tertiary/aromatic N) is 1. The summed E-state index contributed by atoms with van der Waals surface area (Å²) >= 11 is 0. The van der Waals surface area contributed by atoms with Crippen molar-refractivity contribution in [2.24, 2.45) is 5.73 Å². The molecule has 2 rings (SSSR count). The van der Waals surface area contributed by atoms with Gasteiger partial charge in [-0.25, -0.2) is 0 Å². The van der Waals surface area contributed by atoms with Crippen LogP contribution in [-0.2, 0) is 12.6 Å². The van der Waals surface area contributed by atoms with Gasteiger partial charge < -0.3 is 10.6 Å². The van der Waals surface area contributed by atoms with E-state index in [0.717, 1.165) is 0 Å². The average molecular weight is 272 g/mol. The zero-order valence-electron chi connectivity index (χ0n) is 11.2. The van der Waals surface area contributed by atoms with Crippen LogP contribution in [0.2, 0.25) is 0 Å². The Morgan fingerprint density at radius 2 is 2.05 bits per heavy atom. The first-order chi connectivity index (χ1) is 8.86. The third-order valence-electron chi connectivity index (χ3n) is 3.62. The molecule has 0 aromatic heterocycles. The van der Waals surface area contributed by atoms with Crippen molar-refractivity contribution < 1.29 is 13.2 Å². The zero-order chi connectivity index (χ0) is 14.2. The highest BCUT2D eigenvalue weighted by atomic mass is 19.4. The molecule has 0 saturated carbocycles. The molecule has 2 nitrogen and oxygen atoms in total. The van der Waals surface area contributed by atoms with Crippen LogP contribution < -0.4 is 10.6 Å². The van der Waals surface area contributed by atoms with Gasteiger partial charge in [-0.2, -0.15) is 13.2 Å². The summed E-state index contributed by atoms with van der Waals surface area (Å²) in [5.74, 6) is 0. The van der Waals surface area contributed by atoms with Crippen molar-refractivity contribution >= 4 is 5.69 Å². The molecule has 1 atom stereocenters. The lowest BCUT2D eigenvalue weighted by molar-refractivity contribution is -0.138. The second kappa shape index (κ2) is 5.04. The third-order valence-corrected chi connectivity index (χ3v) is 3.62. The summed E-state index contributed by atoms with van der Waals surface area (Å²) in [5.41, 5.74) is 6.21. The Hall–Kier alpha value is -1.23. The van der Waals surface area contributed by atoms with E-state index in [1.807, 2.05) is 13.8 Å². The minimum Gasteiger partial charge on any atom is -0.365 e. The molecule has 1 aromatic rings. The zero-order valence-corrected chi connectivity index (χ0v) is 11.2. The largest absolute Gasteiger partial charge is 0.416 e. The molecule has 0 bridgehead atoms. The van der Waals surface area contributed by atoms with Gasteiger partial charge in [0.15, 0.2) is 0 Å². The monoisotopic (exact) mass is 272 g/mol. The smallest absolute Gasteiger partial charge is 0.365 e. The fraction of sp³-hybridized carbons (Fsp3) is 0.571. The van der Waals surface area contributed by atoms with Crippen LogP contribution in [0.3, 0.4) is 0 Å². The Kier molecular flexibility index (Phi) is 3.76. The van der Waals surface area contributed by atoms with E-state index in [1.54, 1.807) is 6.07 Å². The number of hydrogen-bond donors (Lipinski definition) is 1. The molecule has 1 aliphatic rings. The van der Waals surface area contributed by atoms with Crippen LogP contribution in [0.25, 0.3) is 0 Å². The van der Waals surface area contributed by atoms with E-state index in [2.05, 4.69) is 4.90 Å². The summed E-state index contributed by atoms with van der Waals surface area (Å²) in [6.07, 6.45) is -3.14. The molecule has 1 aliphatic heterocycles. The van der Waals surface area contributed by atoms with Crippen LogP contribution in [0, 0.1) is 0 Å². The van der Waals surface area contributed by atoms with Gasteiger partial charge >= 0.3 is 6.18 Å². The SMILES string of the molecule is CC(C)N1c2cccc(C(F)(F)F)c2CC1CCN. The van der Waals surface area contributed by atoms with Crippen molar-refractivity contribution in [1.29, 1.82) is 0 Å². The number of nitrogens with two attached hydrogens (primary N) is 1. The Balaban J connectivity index is 2.47. The molecule has 106 valence electrons. The normalized spacial score (nSPS) is 19.1. The maximum Gasteiger partial charge on any atom is 0.416 e. The van der Waals surface area contributed by atoms with E-state index in [-0.39, 0.29) is 12.1 Å². The number of benzene rings is 1. The van der Waals surface area contributed by atoms with Gasteiger partial charge in [-0.05, 0) is 50.9 Å². The molecule has 0 radical (unpaired) electrons. The molecule has 0 amide bonds. The predicted molar refractivity (Wildman–Crippen MR) is 70.2 cm³/mol. The second-order valence-corrected chi connectivity index (χ2v) is 5.24. The number of anilines is 1. The number of hydrogen-bond acceptors (Lipinski definition) is 2. The number of halogens is 3. The van der Waals surface area contributed by atoms with E-state index < -0.39 is 11.7 Å². The fourth-order valence-electron chi connectivity index (χ4n) is 2.96. The predicted octanol–water partition coefficient (Wildman–Crippen LogP) is 3.19. The van der Waals surface area contributed by atoms with Gasteiger partial charge in [0.2, 0.25) is 0 Å². The molecule has 1 aromatic carbocycles. The Morgan fingerprint density at radius 3 is 2.58 bits per heavy atom. The first kappa shape index (κ1) is 14.2. The molecule has 0 saturated heterocycles. The fourth-order valence-corrected chi connectivity index (χ4v) is 2.96. The minimum atomic E-state index is -4.29. The highest BCUT2D eigenvalue weighted by Gasteiger charge is 2.39. The van der Waals surface area contributed by atoms with E-state index in [0.29, 0.717) is 30.6 Å². The van der Waals surface area contributed by atoms with Gasteiger partial charge in [-0.3, -0.25) is 0 Å². The van der Waals surface area contributed by atoms with Gasteiger partial charge in [-0.15, -0.1) is 0 Å². The van der Waals surface area contributed by atoms with Crippen LogP contribution >= 0.6 is 0 Å². The summed E-state index contributed by atoms with van der Waals surface area (Å²) < 4.78 is 39.1. The topological polar surface area (TPSA) is 29.3 Å². The minimum absolute atomic E-state index is 0.0727. The van der Waals surface area contributed by atoms with Crippen molar-refractivity contribution in [2.75, 3.05) is 11.4 Å². The highest BCUT2D eigenvalue weighted by Crippen LogP contribution is 2.42. The van der Waals surface area contributed by atoms with Gasteiger partial charge in [0, 0.05) is 17.8 Å². The molecule has 1 heterocycles. The average Bonchev–Trinajstić information content (AvgIpc) is 2.65. The maximum absolute atomic E-state index is 13.0. The van der Waals surface area contributed by atoms with Crippen LogP contribution in [0.15, 0.2) is 18.2 Å². The maximum atomic E-state index is 13.0. The van der Waals surface area contributed by atoms with Crippen LogP contribution in [0.1, 0.15) is 31.4 Å². The molecule has 5 heteroatoms. The van der Waals surface area contributed by atoms with Crippen molar-refractivity contribution in [3.8, 4) is 0 Å². The van der Waals surface area contributed by atoms with E-state index >= 15 is 0 Å². The molecule has 1 unspecified atom stereocenters. The van der Waals surface area contributed by atoms with Crippen LogP contribution in [0.4, 0.5) is 18.9 Å². The first-order valence-corrected chi connectivity index (χ1v) is 6.53. The van der Waals surface area contributed by atoms with Crippen molar-refractivity contribution in [3.05, 3.63) is 29.3 Å². The highest BCUT2D eigenvalue weighted by molar-refractivity contribution is 5.63. The second-order valence-electron chi connectivity index (χ2n) is 5.24. The summed E-state index contributed by atoms with van der Waals surface area (Å²) in [5, 5.41) is 0. The van der Waals surface area contributed by atoms with E-state index in [4.69, 9.17) is 5.73 Å². The third kappa shape index (κ3) is 2.56. The van der Waals surface area contributed by atoms with Gasteiger partial charge in [0.05, 0.1) is 5.56 Å². The molecule has 19 heavy (non-hydrogen) atoms. The molecule has 2 N–H and O–H groups in total. The molecule has 0 spiro atoms. The van der Waals surface area contributed by atoms with Crippen molar-refractivity contribution in [3.63, 3.8) is 0 Å². The Bertz CT molecular complexity index is 454. The Morgan fingerprint density at radius 1 is 1.37 bits per heavy atom. The van der Waals surface area contributed by atoms with Gasteiger partial charge in [0.25, 0.3) is 0 Å². The standard InChI is InChI=1S/C14H19F3N2/c1-9(2)19-10(6-7-18)8-11-12(14(15,16)17)4-3-5-13(11)19/h3-5,9-10H,6-8,18H2,1-2H3. The number of alkyl halides is 3. The first-order valence-electron chi connectivity index (χ1n) is 6.53. The summed E-state index contributed by atoms with van der Waals surface area (Å²) in [4.78, 5) is 2.07. The Labute approximate surface area is 111 Å². The molecule has 0 fully saturated rings. The molecular weight excluding hydrogens is 253 g/mol. The lowest BCUT2D eigenvalue weighted by Crippen LogP contribution is -2.38. The summed E-state index contributed by atoms with van der Waals surface area (Å²) in [6.45, 7) is 4.49. The molecular formula is C14H19F3N2.